The summed E-state index contributed by atoms with van der Waals surface area (Å²) >= 11 is 1.82. The largest absolute Gasteiger partial charge is 0.484 e. The Kier molecular flexibility index (Phi) is 29.9. The molecule has 1 unspecified atom stereocenters. The molecule has 4 aromatic rings. The van der Waals surface area contributed by atoms with Crippen LogP contribution in [-0.2, 0) is 49.4 Å². The molecule has 0 radical (unpaired) electrons. The van der Waals surface area contributed by atoms with Crippen molar-refractivity contribution in [2.75, 3.05) is 109 Å². The molecule has 22 nitrogen and oxygen atoms in total. The lowest BCUT2D eigenvalue weighted by atomic mass is 9.93. The van der Waals surface area contributed by atoms with Crippen molar-refractivity contribution in [2.24, 2.45) is 5.92 Å². The first-order chi connectivity index (χ1) is 45.1. The van der Waals surface area contributed by atoms with E-state index in [1.807, 2.05) is 69.8 Å². The normalized spacial score (nSPS) is 18.1. The van der Waals surface area contributed by atoms with Crippen molar-refractivity contribution in [3.05, 3.63) is 94.9 Å². The van der Waals surface area contributed by atoms with E-state index in [4.69, 9.17) is 22.6 Å². The lowest BCUT2D eigenvalue weighted by Crippen LogP contribution is -2.48. The second-order valence-electron chi connectivity index (χ2n) is 25.8. The summed E-state index contributed by atoms with van der Waals surface area (Å²) in [6, 6.07) is 22.3. The summed E-state index contributed by atoms with van der Waals surface area (Å²) in [5.74, 6) is 1.79. The number of aryl methyl sites for hydroxylation is 4. The molecular formula is C70H102IN11O11. The summed E-state index contributed by atoms with van der Waals surface area (Å²) in [6.07, 6.45) is 13.5. The van der Waals surface area contributed by atoms with Gasteiger partial charge in [-0.1, -0.05) is 43.5 Å². The molecule has 0 saturated carbocycles. The number of methoxy groups -OCH3 is 1. The number of aliphatic hydroxyl groups is 2. The molecule has 0 aliphatic carbocycles. The Morgan fingerprint density at radius 2 is 1.37 bits per heavy atom. The molecule has 2 aromatic carbocycles. The number of unbranched alkanes of at least 4 members (excludes halogenated alkanes) is 6. The maximum atomic E-state index is 13.5. The molecule has 93 heavy (non-hydrogen) atoms. The minimum absolute atomic E-state index is 0.00667. The number of rotatable bonds is 38. The van der Waals surface area contributed by atoms with Gasteiger partial charge in [-0.3, -0.25) is 33.7 Å². The molecular weight excluding hydrogens is 1300 g/mol. The maximum absolute atomic E-state index is 13.5. The molecule has 3 saturated heterocycles. The van der Waals surface area contributed by atoms with Crippen molar-refractivity contribution >= 4 is 70.0 Å². The average molecular weight is 1400 g/mol. The third-order valence-electron chi connectivity index (χ3n) is 18.5. The molecule has 5 N–H and O–H groups in total. The number of aliphatic hydroxyl groups excluding tert-OH is 2. The molecule has 3 fully saturated rings. The Labute approximate surface area is 564 Å². The quantitative estimate of drug-likeness (QED) is 0.0163. The molecule has 0 spiro atoms. The van der Waals surface area contributed by atoms with Crippen molar-refractivity contribution in [1.29, 1.82) is 0 Å². The zero-order chi connectivity index (χ0) is 65.9. The zero-order valence-corrected chi connectivity index (χ0v) is 57.4. The van der Waals surface area contributed by atoms with Crippen LogP contribution in [0.3, 0.4) is 0 Å². The number of hydrogen-bond donors (Lipinski definition) is 5. The summed E-state index contributed by atoms with van der Waals surface area (Å²) in [4.78, 5) is 92.3. The molecule has 8 rings (SSSR count). The zero-order valence-electron chi connectivity index (χ0n) is 55.2. The van der Waals surface area contributed by atoms with Crippen LogP contribution in [0.5, 0.6) is 5.75 Å². The highest BCUT2D eigenvalue weighted by atomic mass is 127. The van der Waals surface area contributed by atoms with E-state index < -0.39 is 12.4 Å². The topological polar surface area (TPSA) is 254 Å². The first kappa shape index (κ1) is 72.6. The van der Waals surface area contributed by atoms with Gasteiger partial charge in [0.2, 0.25) is 29.5 Å². The van der Waals surface area contributed by atoms with Gasteiger partial charge in [-0.15, -0.1) is 0 Å². The number of anilines is 2. The van der Waals surface area contributed by atoms with E-state index in [9.17, 15) is 39.0 Å². The monoisotopic (exact) mass is 1400 g/mol. The van der Waals surface area contributed by atoms with Crippen LogP contribution in [0.25, 0.3) is 5.69 Å². The van der Waals surface area contributed by atoms with Crippen LogP contribution in [0.15, 0.2) is 66.7 Å². The van der Waals surface area contributed by atoms with Crippen molar-refractivity contribution in [3.8, 4) is 11.4 Å². The van der Waals surface area contributed by atoms with Gasteiger partial charge < -0.3 is 58.3 Å². The van der Waals surface area contributed by atoms with Crippen molar-refractivity contribution < 1.29 is 51.5 Å². The van der Waals surface area contributed by atoms with Gasteiger partial charge in [0.15, 0.2) is 12.9 Å². The maximum Gasteiger partial charge on any atom is 0.266 e. The van der Waals surface area contributed by atoms with Crippen LogP contribution in [-0.4, -0.2) is 192 Å². The smallest absolute Gasteiger partial charge is 0.266 e. The minimum atomic E-state index is -0.947. The van der Waals surface area contributed by atoms with Gasteiger partial charge >= 0.3 is 0 Å². The molecule has 0 bridgehead atoms. The minimum Gasteiger partial charge on any atom is -0.484 e. The highest BCUT2D eigenvalue weighted by Gasteiger charge is 2.35. The summed E-state index contributed by atoms with van der Waals surface area (Å²) in [5.41, 5.74) is 7.09. The lowest BCUT2D eigenvalue weighted by Gasteiger charge is -2.37. The third kappa shape index (κ3) is 23.6. The van der Waals surface area contributed by atoms with Gasteiger partial charge in [0.25, 0.3) is 5.91 Å². The number of ether oxygens (including phenoxy) is 2. The van der Waals surface area contributed by atoms with Crippen LogP contribution in [0, 0.1) is 19.8 Å². The number of pyridine rings is 1. The number of nitrogens with zero attached hydrogens (tertiary/aromatic N) is 8. The Morgan fingerprint density at radius 1 is 0.710 bits per heavy atom. The third-order valence-corrected chi connectivity index (χ3v) is 18.9. The van der Waals surface area contributed by atoms with Crippen molar-refractivity contribution in [1.82, 2.24) is 45.4 Å². The number of carbonyl (C=O) groups excluding carboxylic acids is 6. The molecule has 6 heterocycles. The molecule has 6 amide bonds. The average Bonchev–Trinajstić information content (AvgIpc) is 1.74. The van der Waals surface area contributed by atoms with Gasteiger partial charge in [0.1, 0.15) is 34.6 Å². The number of para-hydroxylation sites is 1. The number of nitrogens with one attached hydrogen (secondary N) is 3. The number of β-amino-alcohol motifs (C(OH)–C–C–N with tert-alkyl or cyclic N) is 1. The van der Waals surface area contributed by atoms with Crippen LogP contribution in [0.1, 0.15) is 163 Å². The van der Waals surface area contributed by atoms with Crippen LogP contribution >= 0.6 is 23.0 Å². The second kappa shape index (κ2) is 38.3. The second-order valence-corrected chi connectivity index (χ2v) is 26.4. The van der Waals surface area contributed by atoms with E-state index in [1.54, 1.807) is 16.9 Å². The number of likely N-dealkylation sites (tertiary alicyclic amines) is 2. The Morgan fingerprint density at radius 3 is 2.02 bits per heavy atom. The Bertz CT molecular complexity index is 3020. The molecule has 4 aliphatic heterocycles. The van der Waals surface area contributed by atoms with Gasteiger partial charge in [-0.2, -0.15) is 5.10 Å². The highest BCUT2D eigenvalue weighted by molar-refractivity contribution is 14.1. The number of piperazine rings is 1. The van der Waals surface area contributed by atoms with Crippen LogP contribution in [0.4, 0.5) is 11.5 Å². The standard InChI is InChI=1S/C70H102IN11O11/c1-51-40-52(2)82(76-51)59-42-55(56(43-69(90)91-3)47-77-35-30-53(46-77)26-28-57-29-27-54-18-17-34-80(70(54)75-57)68(89)50-92-62-19-8-4-9-20-62)41-58(44-59)78-36-38-79(39-37-78)66(87)25-16-23-65(86)74-32-14-6-11-21-63(84)72-31-13-5-10-22-64(85)73-33-15-7-12-24-67(88)81-48-61(83)45-60(81)49-93-71/h4,8-9,19-20,27,29,40-42,44,53,56,60-61,69,83,90H,5-7,10-18,21-26,28,30-39,43,45-50H2,1-3H3,(H,72,84)(H,73,85)(H,74,86)/t53-,56-,60+,61-,69?/m1/s1. The van der Waals surface area contributed by atoms with Gasteiger partial charge in [0, 0.05) is 141 Å². The number of halogens is 1. The molecule has 2 aromatic heterocycles. The number of benzene rings is 2. The first-order valence-corrected chi connectivity index (χ1v) is 35.1. The number of carbonyl (C=O) groups is 6. The van der Waals surface area contributed by atoms with E-state index >= 15 is 0 Å². The number of fused-ring (bicyclic) bond motifs is 1. The molecule has 510 valence electrons. The number of aromatic nitrogens is 3. The summed E-state index contributed by atoms with van der Waals surface area (Å²) in [6.45, 7) is 12.1. The van der Waals surface area contributed by atoms with E-state index in [0.717, 1.165) is 155 Å². The molecule has 4 aliphatic rings. The lowest BCUT2D eigenvalue weighted by molar-refractivity contribution is -0.133. The van der Waals surface area contributed by atoms with E-state index in [-0.39, 0.29) is 60.4 Å². The van der Waals surface area contributed by atoms with E-state index in [0.29, 0.717) is 122 Å². The summed E-state index contributed by atoms with van der Waals surface area (Å²) in [7, 11) is 1.54. The van der Waals surface area contributed by atoms with Crippen LogP contribution in [0.2, 0.25) is 0 Å². The molecule has 23 heteroatoms. The first-order valence-electron chi connectivity index (χ1n) is 34.3. The summed E-state index contributed by atoms with van der Waals surface area (Å²) in [5, 5.41) is 34.8. The van der Waals surface area contributed by atoms with Crippen molar-refractivity contribution in [2.45, 2.75) is 179 Å². The number of hydrogen-bond acceptors (Lipinski definition) is 15. The Balaban J connectivity index is 0.695. The van der Waals surface area contributed by atoms with Gasteiger partial charge in [0.05, 0.1) is 30.1 Å². The Hall–Kier alpha value is -6.25. The van der Waals surface area contributed by atoms with Gasteiger partial charge in [-0.05, 0) is 163 Å². The van der Waals surface area contributed by atoms with Gasteiger partial charge in [-0.25, -0.2) is 9.67 Å². The van der Waals surface area contributed by atoms with Crippen molar-refractivity contribution in [3.63, 3.8) is 0 Å². The predicted molar refractivity (Wildman–Crippen MR) is 366 cm³/mol. The fourth-order valence-corrected chi connectivity index (χ4v) is 13.7. The fourth-order valence-electron chi connectivity index (χ4n) is 13.3. The number of amides is 6. The van der Waals surface area contributed by atoms with Crippen LogP contribution < -0.4 is 30.5 Å². The SMILES string of the molecule is COC(O)C[C@H](CN1CC[C@@H](CCc2ccc3c(n2)N(C(=O)COc2ccccc2)CCC3)C1)c1cc(N2CCN(C(=O)CCCC(=O)NCCCCCC(=O)NCCCCCC(=O)NCCCCCC(=O)N3C[C@H](O)C[C@H]3COI)CC2)cc(-n2nc(C)cc2C)c1. The predicted octanol–water partition coefficient (Wildman–Crippen LogP) is 7.81. The fraction of sp³-hybridized carbons (Fsp3) is 0.629. The van der Waals surface area contributed by atoms with E-state index in [2.05, 4.69) is 69.1 Å². The highest BCUT2D eigenvalue weighted by Crippen LogP contribution is 2.34. The van der Waals surface area contributed by atoms with E-state index in [1.165, 1.54) is 0 Å². The summed E-state index contributed by atoms with van der Waals surface area (Å²) < 4.78 is 18.5. The molecule has 5 atom stereocenters.